The van der Waals surface area contributed by atoms with Crippen molar-refractivity contribution in [1.29, 1.82) is 0 Å². The second-order valence-electron chi connectivity index (χ2n) is 5.92. The Morgan fingerprint density at radius 3 is 2.75 bits per heavy atom. The van der Waals surface area contributed by atoms with Gasteiger partial charge in [0, 0.05) is 18.0 Å². The number of aromatic nitrogens is 3. The van der Waals surface area contributed by atoms with Gasteiger partial charge in [0.25, 0.3) is 6.47 Å². The zero-order chi connectivity index (χ0) is 17.4. The molecular weight excluding hydrogens is 311 g/mol. The molecule has 2 N–H and O–H groups in total. The van der Waals surface area contributed by atoms with E-state index in [-0.39, 0.29) is 12.3 Å². The van der Waals surface area contributed by atoms with Crippen LogP contribution in [0.2, 0.25) is 0 Å². The summed E-state index contributed by atoms with van der Waals surface area (Å²) in [6, 6.07) is 6.39. The number of hydrogen-bond acceptors (Lipinski definition) is 4. The van der Waals surface area contributed by atoms with Gasteiger partial charge in [0.1, 0.15) is 11.6 Å². The molecule has 6 nitrogen and oxygen atoms in total. The molecule has 1 aromatic carbocycles. The molecule has 1 aliphatic heterocycles. The van der Waals surface area contributed by atoms with E-state index in [0.29, 0.717) is 17.3 Å². The Hall–Kier alpha value is -2.28. The van der Waals surface area contributed by atoms with E-state index in [0.717, 1.165) is 12.4 Å². The van der Waals surface area contributed by atoms with Crippen LogP contribution in [0.5, 0.6) is 0 Å². The summed E-state index contributed by atoms with van der Waals surface area (Å²) < 4.78 is 13.3. The Morgan fingerprint density at radius 2 is 2.08 bits per heavy atom. The van der Waals surface area contributed by atoms with Gasteiger partial charge in [0.2, 0.25) is 0 Å². The lowest BCUT2D eigenvalue weighted by Crippen LogP contribution is -2.33. The molecule has 0 saturated carbocycles. The third-order valence-corrected chi connectivity index (χ3v) is 4.03. The highest BCUT2D eigenvalue weighted by Crippen LogP contribution is 2.20. The quantitative estimate of drug-likeness (QED) is 0.840. The molecule has 0 aliphatic carbocycles. The normalized spacial score (nSPS) is 16.1. The van der Waals surface area contributed by atoms with Crippen LogP contribution >= 0.6 is 0 Å². The van der Waals surface area contributed by atoms with E-state index in [1.54, 1.807) is 6.07 Å². The lowest BCUT2D eigenvalue weighted by Gasteiger charge is -2.28. The summed E-state index contributed by atoms with van der Waals surface area (Å²) in [7, 11) is 0. The molecule has 2 aromatic rings. The fourth-order valence-corrected chi connectivity index (χ4v) is 2.87. The molecular formula is C17H23FN4O2. The molecule has 0 bridgehead atoms. The molecule has 1 saturated heterocycles. The molecule has 1 aromatic heterocycles. The first-order chi connectivity index (χ1) is 11.6. The van der Waals surface area contributed by atoms with Crippen LogP contribution in [-0.4, -0.2) is 51.3 Å². The van der Waals surface area contributed by atoms with Gasteiger partial charge in [-0.3, -0.25) is 9.89 Å². The van der Waals surface area contributed by atoms with Crippen LogP contribution in [0.3, 0.4) is 0 Å². The number of likely N-dealkylation sites (tertiary alicyclic amines) is 1. The van der Waals surface area contributed by atoms with E-state index in [9.17, 15) is 4.39 Å². The summed E-state index contributed by atoms with van der Waals surface area (Å²) in [5, 5.41) is 14.1. The third-order valence-electron chi connectivity index (χ3n) is 4.03. The minimum absolute atomic E-state index is 0.250. The number of nitrogens with one attached hydrogen (secondary N) is 1. The first kappa shape index (κ1) is 18.1. The van der Waals surface area contributed by atoms with Crippen LogP contribution in [0.25, 0.3) is 11.4 Å². The highest BCUT2D eigenvalue weighted by atomic mass is 19.1. The average molecular weight is 334 g/mol. The minimum atomic E-state index is -0.264. The topological polar surface area (TPSA) is 82.1 Å². The molecule has 1 fully saturated rings. The van der Waals surface area contributed by atoms with E-state index < -0.39 is 0 Å². The van der Waals surface area contributed by atoms with Crippen molar-refractivity contribution < 1.29 is 14.3 Å². The van der Waals surface area contributed by atoms with Crippen LogP contribution in [0.4, 0.5) is 4.39 Å². The van der Waals surface area contributed by atoms with Gasteiger partial charge < -0.3 is 10.0 Å². The second kappa shape index (κ2) is 9.12. The van der Waals surface area contributed by atoms with Gasteiger partial charge in [-0.05, 0) is 38.1 Å². The van der Waals surface area contributed by atoms with Gasteiger partial charge in [0.05, 0.1) is 0 Å². The number of piperidine rings is 1. The Balaban J connectivity index is 0.000000647. The van der Waals surface area contributed by atoms with E-state index in [1.807, 2.05) is 6.07 Å². The van der Waals surface area contributed by atoms with Crippen molar-refractivity contribution in [1.82, 2.24) is 20.1 Å². The number of benzene rings is 1. The zero-order valence-corrected chi connectivity index (χ0v) is 13.8. The number of H-pyrrole nitrogens is 1. The first-order valence-electron chi connectivity index (χ1n) is 8.12. The summed E-state index contributed by atoms with van der Waals surface area (Å²) in [4.78, 5) is 15.4. The molecule has 130 valence electrons. The van der Waals surface area contributed by atoms with E-state index >= 15 is 0 Å². The molecule has 1 aliphatic rings. The van der Waals surface area contributed by atoms with E-state index in [2.05, 4.69) is 27.0 Å². The maximum absolute atomic E-state index is 13.3. The van der Waals surface area contributed by atoms with Crippen molar-refractivity contribution in [2.24, 2.45) is 0 Å². The summed E-state index contributed by atoms with van der Waals surface area (Å²) in [6.45, 7) is 5.26. The van der Waals surface area contributed by atoms with E-state index in [4.69, 9.17) is 9.90 Å². The van der Waals surface area contributed by atoms with Gasteiger partial charge in [0.15, 0.2) is 5.82 Å². The predicted octanol–water partition coefficient (Wildman–Crippen LogP) is 2.90. The number of rotatable bonds is 4. The van der Waals surface area contributed by atoms with Gasteiger partial charge in [-0.1, -0.05) is 25.5 Å². The number of hydrogen-bond donors (Lipinski definition) is 2. The number of halogens is 1. The largest absolute Gasteiger partial charge is 0.483 e. The lowest BCUT2D eigenvalue weighted by atomic mass is 10.1. The van der Waals surface area contributed by atoms with Crippen molar-refractivity contribution in [2.75, 3.05) is 19.6 Å². The number of nitrogens with zero attached hydrogens (tertiary/aromatic N) is 3. The standard InChI is InChI=1S/C16H21FN4.CH2O2/c1-12(11-21-8-3-2-4-9-21)15-18-16(20-19-15)13-6-5-7-14(17)10-13;2-1-3/h5-7,10,12H,2-4,8-9,11H2,1H3,(H,18,19,20);1H,(H,2,3). The Labute approximate surface area is 140 Å². The van der Waals surface area contributed by atoms with Crippen LogP contribution in [0.1, 0.15) is 37.9 Å². The molecule has 24 heavy (non-hydrogen) atoms. The number of carboxylic acid groups (broad SMARTS) is 1. The van der Waals surface area contributed by atoms with Gasteiger partial charge >= 0.3 is 0 Å². The minimum Gasteiger partial charge on any atom is -0.483 e. The highest BCUT2D eigenvalue weighted by Gasteiger charge is 2.17. The summed E-state index contributed by atoms with van der Waals surface area (Å²) >= 11 is 0. The maximum Gasteiger partial charge on any atom is 0.290 e. The highest BCUT2D eigenvalue weighted by molar-refractivity contribution is 5.54. The SMILES string of the molecule is CC(CN1CCCCC1)c1nc(-c2cccc(F)c2)n[nH]1.O=CO. The number of carbonyl (C=O) groups is 1. The van der Waals surface area contributed by atoms with Crippen molar-refractivity contribution in [3.63, 3.8) is 0 Å². The Bertz CT molecular complexity index is 641. The summed E-state index contributed by atoms with van der Waals surface area (Å²) in [6.07, 6.45) is 3.92. The summed E-state index contributed by atoms with van der Waals surface area (Å²) in [5.41, 5.74) is 0.711. The Kier molecular flexibility index (Phi) is 6.87. The Morgan fingerprint density at radius 1 is 1.38 bits per heavy atom. The molecule has 1 atom stereocenters. The second-order valence-corrected chi connectivity index (χ2v) is 5.92. The zero-order valence-electron chi connectivity index (χ0n) is 13.8. The first-order valence-corrected chi connectivity index (χ1v) is 8.12. The molecule has 0 amide bonds. The monoisotopic (exact) mass is 334 g/mol. The van der Waals surface area contributed by atoms with Gasteiger partial charge in [-0.15, -0.1) is 0 Å². The van der Waals surface area contributed by atoms with Crippen LogP contribution < -0.4 is 0 Å². The van der Waals surface area contributed by atoms with Crippen molar-refractivity contribution in [3.05, 3.63) is 35.9 Å². The average Bonchev–Trinajstić information content (AvgIpc) is 3.07. The lowest BCUT2D eigenvalue weighted by molar-refractivity contribution is -0.122. The molecule has 0 radical (unpaired) electrons. The molecule has 2 heterocycles. The van der Waals surface area contributed by atoms with Gasteiger partial charge in [-0.2, -0.15) is 5.10 Å². The van der Waals surface area contributed by atoms with Crippen molar-refractivity contribution in [3.8, 4) is 11.4 Å². The smallest absolute Gasteiger partial charge is 0.290 e. The van der Waals surface area contributed by atoms with Crippen LogP contribution in [0, 0.1) is 5.82 Å². The summed E-state index contributed by atoms with van der Waals surface area (Å²) in [5.74, 6) is 1.48. The van der Waals surface area contributed by atoms with Gasteiger partial charge in [-0.25, -0.2) is 9.37 Å². The fraction of sp³-hybridized carbons (Fsp3) is 0.471. The molecule has 0 spiro atoms. The maximum atomic E-state index is 13.3. The van der Waals surface area contributed by atoms with Crippen molar-refractivity contribution in [2.45, 2.75) is 32.1 Å². The molecule has 1 unspecified atom stereocenters. The number of aromatic amines is 1. The van der Waals surface area contributed by atoms with Crippen LogP contribution in [0.15, 0.2) is 24.3 Å². The molecule has 3 rings (SSSR count). The molecule has 7 heteroatoms. The predicted molar refractivity (Wildman–Crippen MR) is 89.2 cm³/mol. The third kappa shape index (κ3) is 5.13. The fourth-order valence-electron chi connectivity index (χ4n) is 2.87. The van der Waals surface area contributed by atoms with Crippen LogP contribution in [-0.2, 0) is 4.79 Å². The van der Waals surface area contributed by atoms with E-state index in [1.165, 1.54) is 44.5 Å². The van der Waals surface area contributed by atoms with Crippen molar-refractivity contribution >= 4 is 6.47 Å².